The zero-order valence-electron chi connectivity index (χ0n) is 16.4. The number of hydrogen-bond donors (Lipinski definition) is 2. The molecule has 0 atom stereocenters. The van der Waals surface area contributed by atoms with Gasteiger partial charge in [0.05, 0.1) is 0 Å². The first-order valence-corrected chi connectivity index (χ1v) is 10.4. The molecular weight excluding hydrogens is 515 g/mol. The molecule has 0 radical (unpaired) electrons. The zero-order valence-corrected chi connectivity index (χ0v) is 20.3. The SMILES string of the molecule is C=C(C)CN1CCC(NC(=NC)NCC2(c3cccc(Br)c3)CC2)CC1.I. The van der Waals surface area contributed by atoms with Crippen molar-refractivity contribution < 1.29 is 0 Å². The van der Waals surface area contributed by atoms with Crippen LogP contribution in [0.3, 0.4) is 0 Å². The quantitative estimate of drug-likeness (QED) is 0.242. The number of benzene rings is 1. The second-order valence-electron chi connectivity index (χ2n) is 7.87. The van der Waals surface area contributed by atoms with Crippen molar-refractivity contribution in [3.63, 3.8) is 0 Å². The average molecular weight is 547 g/mol. The van der Waals surface area contributed by atoms with Crippen LogP contribution in [0.15, 0.2) is 45.9 Å². The van der Waals surface area contributed by atoms with Crippen LogP contribution in [-0.2, 0) is 5.41 Å². The molecule has 2 fully saturated rings. The summed E-state index contributed by atoms with van der Waals surface area (Å²) in [4.78, 5) is 6.94. The summed E-state index contributed by atoms with van der Waals surface area (Å²) in [6.45, 7) is 10.4. The summed E-state index contributed by atoms with van der Waals surface area (Å²) in [6.07, 6.45) is 4.80. The van der Waals surface area contributed by atoms with E-state index < -0.39 is 0 Å². The van der Waals surface area contributed by atoms with Gasteiger partial charge in [-0.15, -0.1) is 24.0 Å². The van der Waals surface area contributed by atoms with Crippen molar-refractivity contribution in [3.8, 4) is 0 Å². The molecular formula is C21H32BrIN4. The Hall–Kier alpha value is -0.600. The molecule has 0 spiro atoms. The predicted molar refractivity (Wildman–Crippen MR) is 129 cm³/mol. The second kappa shape index (κ2) is 10.3. The van der Waals surface area contributed by atoms with Crippen molar-refractivity contribution in [1.29, 1.82) is 0 Å². The van der Waals surface area contributed by atoms with Crippen molar-refractivity contribution in [2.45, 2.75) is 44.1 Å². The summed E-state index contributed by atoms with van der Waals surface area (Å²) in [5, 5.41) is 7.20. The lowest BCUT2D eigenvalue weighted by atomic mass is 9.96. The summed E-state index contributed by atoms with van der Waals surface area (Å²) >= 11 is 3.60. The van der Waals surface area contributed by atoms with Crippen LogP contribution in [0.25, 0.3) is 0 Å². The van der Waals surface area contributed by atoms with Crippen molar-refractivity contribution >= 4 is 45.9 Å². The molecule has 1 aromatic rings. The Kier molecular flexibility index (Phi) is 8.62. The van der Waals surface area contributed by atoms with Gasteiger partial charge in [0.1, 0.15) is 0 Å². The minimum absolute atomic E-state index is 0. The molecule has 0 amide bonds. The topological polar surface area (TPSA) is 39.7 Å². The fourth-order valence-corrected chi connectivity index (χ4v) is 4.19. The molecule has 3 rings (SSSR count). The van der Waals surface area contributed by atoms with Gasteiger partial charge >= 0.3 is 0 Å². The number of halogens is 2. The monoisotopic (exact) mass is 546 g/mol. The highest BCUT2D eigenvalue weighted by Crippen LogP contribution is 2.48. The molecule has 27 heavy (non-hydrogen) atoms. The fraction of sp³-hybridized carbons (Fsp3) is 0.571. The van der Waals surface area contributed by atoms with Crippen LogP contribution in [-0.4, -0.2) is 50.1 Å². The lowest BCUT2D eigenvalue weighted by Crippen LogP contribution is -2.50. The molecule has 1 aliphatic heterocycles. The van der Waals surface area contributed by atoms with E-state index in [1.165, 1.54) is 24.0 Å². The Bertz CT molecular complexity index is 664. The third-order valence-corrected chi connectivity index (χ3v) is 6.02. The highest BCUT2D eigenvalue weighted by atomic mass is 127. The fourth-order valence-electron chi connectivity index (χ4n) is 3.79. The van der Waals surface area contributed by atoms with Gasteiger partial charge in [0.2, 0.25) is 0 Å². The first kappa shape index (κ1) is 22.7. The number of nitrogens with zero attached hydrogens (tertiary/aromatic N) is 2. The minimum Gasteiger partial charge on any atom is -0.356 e. The van der Waals surface area contributed by atoms with Gasteiger partial charge in [0.15, 0.2) is 5.96 Å². The Morgan fingerprint density at radius 1 is 1.33 bits per heavy atom. The van der Waals surface area contributed by atoms with E-state index in [1.807, 2.05) is 7.05 Å². The Balaban J connectivity index is 0.00000261. The number of guanidine groups is 1. The maximum absolute atomic E-state index is 4.45. The van der Waals surface area contributed by atoms with Gasteiger partial charge in [0.25, 0.3) is 0 Å². The van der Waals surface area contributed by atoms with Crippen molar-refractivity contribution in [1.82, 2.24) is 15.5 Å². The first-order chi connectivity index (χ1) is 12.5. The Morgan fingerprint density at radius 2 is 2.04 bits per heavy atom. The summed E-state index contributed by atoms with van der Waals surface area (Å²) in [6, 6.07) is 9.22. The van der Waals surface area contributed by atoms with Crippen LogP contribution >= 0.6 is 39.9 Å². The third-order valence-electron chi connectivity index (χ3n) is 5.53. The van der Waals surface area contributed by atoms with Crippen molar-refractivity contribution in [2.75, 3.05) is 33.2 Å². The number of likely N-dealkylation sites (tertiary alicyclic amines) is 1. The lowest BCUT2D eigenvalue weighted by Gasteiger charge is -2.33. The summed E-state index contributed by atoms with van der Waals surface area (Å²) in [7, 11) is 1.87. The van der Waals surface area contributed by atoms with E-state index in [9.17, 15) is 0 Å². The lowest BCUT2D eigenvalue weighted by molar-refractivity contribution is 0.221. The third kappa shape index (κ3) is 6.46. The van der Waals surface area contributed by atoms with Gasteiger partial charge in [-0.25, -0.2) is 0 Å². The van der Waals surface area contributed by atoms with Crippen LogP contribution in [0, 0.1) is 0 Å². The molecule has 1 heterocycles. The molecule has 1 aliphatic carbocycles. The second-order valence-corrected chi connectivity index (χ2v) is 8.78. The molecule has 2 aliphatic rings. The van der Waals surface area contributed by atoms with Gasteiger partial charge in [0, 0.05) is 49.2 Å². The number of piperidine rings is 1. The number of nitrogens with one attached hydrogen (secondary N) is 2. The number of hydrogen-bond acceptors (Lipinski definition) is 2. The van der Waals surface area contributed by atoms with Crippen LogP contribution in [0.4, 0.5) is 0 Å². The zero-order chi connectivity index (χ0) is 18.6. The maximum atomic E-state index is 4.45. The summed E-state index contributed by atoms with van der Waals surface area (Å²) in [5.41, 5.74) is 2.94. The maximum Gasteiger partial charge on any atom is 0.191 e. The molecule has 0 aromatic heterocycles. The standard InChI is InChI=1S/C21H31BrN4.HI/c1-16(2)14-26-11-7-19(8-12-26)25-20(23-3)24-15-21(9-10-21)17-5-4-6-18(22)13-17;/h4-6,13,19H,1,7-12,14-15H2,2-3H3,(H2,23,24,25);1H. The smallest absolute Gasteiger partial charge is 0.191 e. The van der Waals surface area contributed by atoms with Gasteiger partial charge in [-0.1, -0.05) is 40.2 Å². The minimum atomic E-state index is 0. The number of aliphatic imine (C=N–C) groups is 1. The van der Waals surface area contributed by atoms with E-state index in [0.29, 0.717) is 6.04 Å². The van der Waals surface area contributed by atoms with Crippen molar-refractivity contribution in [3.05, 3.63) is 46.5 Å². The van der Waals surface area contributed by atoms with Gasteiger partial charge < -0.3 is 10.6 Å². The molecule has 4 nitrogen and oxygen atoms in total. The van der Waals surface area contributed by atoms with Gasteiger partial charge in [-0.2, -0.15) is 0 Å². The van der Waals surface area contributed by atoms with Gasteiger partial charge in [-0.3, -0.25) is 9.89 Å². The van der Waals surface area contributed by atoms with Crippen molar-refractivity contribution in [2.24, 2.45) is 4.99 Å². The number of rotatable bonds is 6. The Labute approximate surface area is 189 Å². The van der Waals surface area contributed by atoms with Crippen LogP contribution in [0.2, 0.25) is 0 Å². The van der Waals surface area contributed by atoms with E-state index in [2.05, 4.69) is 74.2 Å². The first-order valence-electron chi connectivity index (χ1n) is 9.61. The molecule has 6 heteroatoms. The van der Waals surface area contributed by atoms with Gasteiger partial charge in [-0.05, 0) is 50.3 Å². The molecule has 0 unspecified atom stereocenters. The predicted octanol–water partition coefficient (Wildman–Crippen LogP) is 4.30. The van der Waals surface area contributed by atoms with E-state index in [0.717, 1.165) is 49.5 Å². The Morgan fingerprint density at radius 3 is 2.59 bits per heavy atom. The summed E-state index contributed by atoms with van der Waals surface area (Å²) in [5.74, 6) is 0.935. The molecule has 2 N–H and O–H groups in total. The van der Waals surface area contributed by atoms with Crippen LogP contribution < -0.4 is 10.6 Å². The average Bonchev–Trinajstić information content (AvgIpc) is 3.41. The highest BCUT2D eigenvalue weighted by molar-refractivity contribution is 14.0. The largest absolute Gasteiger partial charge is 0.356 e. The van der Waals surface area contributed by atoms with E-state index in [1.54, 1.807) is 0 Å². The summed E-state index contributed by atoms with van der Waals surface area (Å²) < 4.78 is 1.16. The van der Waals surface area contributed by atoms with Crippen LogP contribution in [0.1, 0.15) is 38.2 Å². The van der Waals surface area contributed by atoms with E-state index in [-0.39, 0.29) is 29.4 Å². The molecule has 1 aromatic carbocycles. The van der Waals surface area contributed by atoms with E-state index >= 15 is 0 Å². The van der Waals surface area contributed by atoms with Crippen LogP contribution in [0.5, 0.6) is 0 Å². The highest BCUT2D eigenvalue weighted by Gasteiger charge is 2.44. The molecule has 1 saturated heterocycles. The normalized spacial score (nSPS) is 19.9. The molecule has 1 saturated carbocycles. The molecule has 0 bridgehead atoms. The molecule has 150 valence electrons. The van der Waals surface area contributed by atoms with E-state index in [4.69, 9.17) is 0 Å².